The zero-order valence-electron chi connectivity index (χ0n) is 21.4. The third-order valence-corrected chi connectivity index (χ3v) is 6.58. The number of nitrogens with zero attached hydrogens (tertiary/aromatic N) is 1. The molecular weight excluding hydrogens is 430 g/mol. The van der Waals surface area contributed by atoms with Crippen molar-refractivity contribution in [2.24, 2.45) is 0 Å². The van der Waals surface area contributed by atoms with Gasteiger partial charge in [-0.25, -0.2) is 0 Å². The van der Waals surface area contributed by atoms with Gasteiger partial charge in [0.25, 0.3) is 0 Å². The number of aliphatic hydroxyl groups excluding tert-OH is 1. The normalized spacial score (nSPS) is 12.2. The number of hydrogen-bond donors (Lipinski definition) is 2. The molecule has 0 atom stereocenters. The SMILES string of the molecule is C=C(CCN(CC)C(C)C)c1ccc(/C(=C(/CCCO)c2ccccc2)c2ccc(O)cc2)cc1. The summed E-state index contributed by atoms with van der Waals surface area (Å²) in [4.78, 5) is 2.46. The molecule has 3 heteroatoms. The number of aliphatic hydroxyl groups is 1. The summed E-state index contributed by atoms with van der Waals surface area (Å²) >= 11 is 0. The Bertz CT molecular complexity index is 1100. The predicted molar refractivity (Wildman–Crippen MR) is 149 cm³/mol. The van der Waals surface area contributed by atoms with Gasteiger partial charge in [-0.05, 0) is 90.8 Å². The van der Waals surface area contributed by atoms with E-state index in [0.29, 0.717) is 12.5 Å². The van der Waals surface area contributed by atoms with Gasteiger partial charge in [-0.2, -0.15) is 0 Å². The molecule has 0 fully saturated rings. The summed E-state index contributed by atoms with van der Waals surface area (Å²) in [5, 5.41) is 19.5. The molecule has 0 aliphatic heterocycles. The van der Waals surface area contributed by atoms with Crippen molar-refractivity contribution in [2.45, 2.75) is 46.1 Å². The van der Waals surface area contributed by atoms with E-state index in [1.807, 2.05) is 30.3 Å². The van der Waals surface area contributed by atoms with Gasteiger partial charge in [-0.15, -0.1) is 0 Å². The lowest BCUT2D eigenvalue weighted by Gasteiger charge is -2.25. The molecule has 184 valence electrons. The van der Waals surface area contributed by atoms with E-state index in [1.54, 1.807) is 12.1 Å². The second kappa shape index (κ2) is 13.1. The van der Waals surface area contributed by atoms with Crippen LogP contribution in [0.3, 0.4) is 0 Å². The minimum Gasteiger partial charge on any atom is -0.508 e. The minimum absolute atomic E-state index is 0.142. The summed E-state index contributed by atoms with van der Waals surface area (Å²) in [5.41, 5.74) is 7.92. The fraction of sp³-hybridized carbons (Fsp3) is 0.312. The zero-order valence-corrected chi connectivity index (χ0v) is 21.4. The molecule has 3 rings (SSSR count). The van der Waals surface area contributed by atoms with Crippen molar-refractivity contribution in [3.05, 3.63) is 108 Å². The van der Waals surface area contributed by atoms with Crippen LogP contribution in [-0.2, 0) is 0 Å². The smallest absolute Gasteiger partial charge is 0.115 e. The number of allylic oxidation sites excluding steroid dienone is 1. The molecular formula is C32H39NO2. The lowest BCUT2D eigenvalue weighted by atomic mass is 9.86. The van der Waals surface area contributed by atoms with Crippen LogP contribution < -0.4 is 0 Å². The first-order valence-corrected chi connectivity index (χ1v) is 12.7. The maximum atomic E-state index is 9.88. The van der Waals surface area contributed by atoms with Crippen molar-refractivity contribution in [3.63, 3.8) is 0 Å². The Balaban J connectivity index is 2.00. The van der Waals surface area contributed by atoms with E-state index >= 15 is 0 Å². The van der Waals surface area contributed by atoms with Crippen molar-refractivity contribution in [2.75, 3.05) is 19.7 Å². The lowest BCUT2D eigenvalue weighted by molar-refractivity contribution is 0.239. The summed E-state index contributed by atoms with van der Waals surface area (Å²) in [6.45, 7) is 13.2. The van der Waals surface area contributed by atoms with Gasteiger partial charge in [0.2, 0.25) is 0 Å². The van der Waals surface area contributed by atoms with Crippen LogP contribution in [0.5, 0.6) is 5.75 Å². The molecule has 0 aromatic heterocycles. The predicted octanol–water partition coefficient (Wildman–Crippen LogP) is 7.26. The molecule has 0 amide bonds. The molecule has 0 saturated carbocycles. The highest BCUT2D eigenvalue weighted by Crippen LogP contribution is 2.36. The van der Waals surface area contributed by atoms with E-state index in [0.717, 1.165) is 59.3 Å². The Morgan fingerprint density at radius 2 is 1.37 bits per heavy atom. The van der Waals surface area contributed by atoms with Crippen LogP contribution in [0.15, 0.2) is 85.4 Å². The topological polar surface area (TPSA) is 43.7 Å². The largest absolute Gasteiger partial charge is 0.508 e. The molecule has 0 saturated heterocycles. The summed E-state index contributed by atoms with van der Waals surface area (Å²) in [6, 6.07) is 27.0. The maximum absolute atomic E-state index is 9.88. The number of aromatic hydroxyl groups is 1. The van der Waals surface area contributed by atoms with E-state index in [1.165, 1.54) is 5.57 Å². The van der Waals surface area contributed by atoms with Crippen molar-refractivity contribution in [1.29, 1.82) is 0 Å². The van der Waals surface area contributed by atoms with Crippen LogP contribution in [-0.4, -0.2) is 40.9 Å². The fourth-order valence-electron chi connectivity index (χ4n) is 4.53. The second-order valence-electron chi connectivity index (χ2n) is 9.25. The zero-order chi connectivity index (χ0) is 25.2. The Morgan fingerprint density at radius 1 is 0.800 bits per heavy atom. The van der Waals surface area contributed by atoms with E-state index in [2.05, 4.69) is 68.6 Å². The standard InChI is InChI=1S/C32H39NO2/c1-5-33(24(2)3)22-21-25(4)26-13-15-28(16-14-26)32(29-17-19-30(35)20-18-29)31(12-9-23-34)27-10-7-6-8-11-27/h6-8,10-11,13-20,24,34-35H,4-5,9,12,21-23H2,1-3H3/b32-31+. The van der Waals surface area contributed by atoms with Gasteiger partial charge < -0.3 is 15.1 Å². The fourth-order valence-corrected chi connectivity index (χ4v) is 4.53. The number of rotatable bonds is 12. The van der Waals surface area contributed by atoms with Gasteiger partial charge >= 0.3 is 0 Å². The highest BCUT2D eigenvalue weighted by Gasteiger charge is 2.15. The Labute approximate surface area is 211 Å². The van der Waals surface area contributed by atoms with Gasteiger partial charge in [-0.1, -0.05) is 80.2 Å². The Kier molecular flexibility index (Phi) is 9.89. The monoisotopic (exact) mass is 469 g/mol. The molecule has 0 unspecified atom stereocenters. The molecule has 2 N–H and O–H groups in total. The van der Waals surface area contributed by atoms with Crippen LogP contribution in [0.1, 0.15) is 62.3 Å². The molecule has 0 aliphatic rings. The van der Waals surface area contributed by atoms with Gasteiger partial charge in [0.1, 0.15) is 5.75 Å². The lowest BCUT2D eigenvalue weighted by Crippen LogP contribution is -2.31. The number of benzene rings is 3. The minimum atomic E-state index is 0.142. The third kappa shape index (κ3) is 7.17. The number of phenolic OH excluding ortho intramolecular Hbond substituents is 1. The van der Waals surface area contributed by atoms with Crippen molar-refractivity contribution >= 4 is 16.7 Å². The molecule has 0 radical (unpaired) electrons. The first-order valence-electron chi connectivity index (χ1n) is 12.7. The van der Waals surface area contributed by atoms with Crippen LogP contribution >= 0.6 is 0 Å². The van der Waals surface area contributed by atoms with E-state index in [4.69, 9.17) is 0 Å². The average Bonchev–Trinajstić information content (AvgIpc) is 2.88. The van der Waals surface area contributed by atoms with Crippen LogP contribution in [0, 0.1) is 0 Å². The first kappa shape index (κ1) is 26.5. The van der Waals surface area contributed by atoms with Crippen molar-refractivity contribution < 1.29 is 10.2 Å². The number of hydrogen-bond acceptors (Lipinski definition) is 3. The third-order valence-electron chi connectivity index (χ3n) is 6.58. The highest BCUT2D eigenvalue weighted by atomic mass is 16.3. The van der Waals surface area contributed by atoms with Crippen LogP contribution in [0.25, 0.3) is 16.7 Å². The van der Waals surface area contributed by atoms with Crippen LogP contribution in [0.4, 0.5) is 0 Å². The Hall–Kier alpha value is -3.14. The molecule has 0 heterocycles. The molecule has 3 aromatic carbocycles. The summed E-state index contributed by atoms with van der Waals surface area (Å²) in [7, 11) is 0. The van der Waals surface area contributed by atoms with Crippen molar-refractivity contribution in [3.8, 4) is 5.75 Å². The van der Waals surface area contributed by atoms with Gasteiger partial charge in [-0.3, -0.25) is 0 Å². The molecule has 3 nitrogen and oxygen atoms in total. The average molecular weight is 470 g/mol. The molecule has 0 bridgehead atoms. The maximum Gasteiger partial charge on any atom is 0.115 e. The Morgan fingerprint density at radius 3 is 1.91 bits per heavy atom. The molecule has 35 heavy (non-hydrogen) atoms. The quantitative estimate of drug-likeness (QED) is 0.274. The highest BCUT2D eigenvalue weighted by molar-refractivity contribution is 5.98. The van der Waals surface area contributed by atoms with Crippen molar-refractivity contribution in [1.82, 2.24) is 4.90 Å². The van der Waals surface area contributed by atoms with E-state index in [9.17, 15) is 10.2 Å². The summed E-state index contributed by atoms with van der Waals surface area (Å²) in [5.74, 6) is 0.249. The van der Waals surface area contributed by atoms with E-state index in [-0.39, 0.29) is 12.4 Å². The van der Waals surface area contributed by atoms with Crippen LogP contribution in [0.2, 0.25) is 0 Å². The molecule has 0 spiro atoms. The summed E-state index contributed by atoms with van der Waals surface area (Å²) in [6.07, 6.45) is 2.38. The summed E-state index contributed by atoms with van der Waals surface area (Å²) < 4.78 is 0. The van der Waals surface area contributed by atoms with Gasteiger partial charge in [0, 0.05) is 19.2 Å². The van der Waals surface area contributed by atoms with Gasteiger partial charge in [0.15, 0.2) is 0 Å². The number of phenols is 1. The second-order valence-corrected chi connectivity index (χ2v) is 9.25. The molecule has 3 aromatic rings. The first-order chi connectivity index (χ1) is 16.9. The van der Waals surface area contributed by atoms with E-state index < -0.39 is 0 Å². The van der Waals surface area contributed by atoms with Gasteiger partial charge in [0.05, 0.1) is 0 Å². The molecule has 0 aliphatic carbocycles.